The molecule has 1 aliphatic rings. The van der Waals surface area contributed by atoms with Crippen LogP contribution in [0, 0.1) is 0 Å². The Hall–Kier alpha value is -4.20. The standard InChI is InChI=1S/C29H24N4O2S/c30-21(10-20-15-32-27-6-2-1-5-24(20)27)17-35-22-11-19(14-31-16-22)18-7-8-28-25(12-18)26(29(34)33-28)13-23-4-3-9-36-23/h1-9,11-16,21,32H,10,17,30H2,(H,33,34)/b26-13-/t21-/m0/s1. The summed E-state index contributed by atoms with van der Waals surface area (Å²) in [6, 6.07) is 19.9. The van der Waals surface area contributed by atoms with Crippen LogP contribution < -0.4 is 15.8 Å². The number of aromatic amines is 1. The van der Waals surface area contributed by atoms with Crippen LogP contribution in [0.1, 0.15) is 16.0 Å². The average Bonchev–Trinajstić information content (AvgIpc) is 3.63. The first kappa shape index (κ1) is 22.3. The van der Waals surface area contributed by atoms with E-state index in [1.54, 1.807) is 23.7 Å². The summed E-state index contributed by atoms with van der Waals surface area (Å²) in [6.07, 6.45) is 8.15. The summed E-state index contributed by atoms with van der Waals surface area (Å²) in [4.78, 5) is 21.3. The second-order valence-corrected chi connectivity index (χ2v) is 9.81. The van der Waals surface area contributed by atoms with Gasteiger partial charge < -0.3 is 20.8 Å². The Morgan fingerprint density at radius 2 is 1.97 bits per heavy atom. The molecule has 0 fully saturated rings. The highest BCUT2D eigenvalue weighted by Crippen LogP contribution is 2.37. The number of para-hydroxylation sites is 1. The molecule has 36 heavy (non-hydrogen) atoms. The third-order valence-electron chi connectivity index (χ3n) is 6.30. The van der Waals surface area contributed by atoms with Crippen LogP contribution in [0.25, 0.3) is 33.7 Å². The first-order valence-corrected chi connectivity index (χ1v) is 12.6. The van der Waals surface area contributed by atoms with Crippen molar-refractivity contribution in [3.8, 4) is 16.9 Å². The molecule has 0 unspecified atom stereocenters. The molecule has 1 amide bonds. The van der Waals surface area contributed by atoms with Crippen molar-refractivity contribution in [1.29, 1.82) is 0 Å². The zero-order valence-electron chi connectivity index (χ0n) is 19.4. The van der Waals surface area contributed by atoms with Crippen molar-refractivity contribution in [2.45, 2.75) is 12.5 Å². The number of H-pyrrole nitrogens is 1. The summed E-state index contributed by atoms with van der Waals surface area (Å²) in [5.41, 5.74) is 12.9. The van der Waals surface area contributed by atoms with Gasteiger partial charge in [0.05, 0.1) is 11.8 Å². The first-order valence-electron chi connectivity index (χ1n) is 11.7. The summed E-state index contributed by atoms with van der Waals surface area (Å²) in [6.45, 7) is 0.376. The van der Waals surface area contributed by atoms with E-state index in [1.165, 1.54) is 10.9 Å². The van der Waals surface area contributed by atoms with Crippen LogP contribution in [0.15, 0.2) is 84.6 Å². The van der Waals surface area contributed by atoms with Gasteiger partial charge in [-0.1, -0.05) is 30.3 Å². The molecule has 6 rings (SSSR count). The normalized spacial score (nSPS) is 14.7. The van der Waals surface area contributed by atoms with Gasteiger partial charge in [0, 0.05) is 51.0 Å². The van der Waals surface area contributed by atoms with E-state index in [0.717, 1.165) is 32.8 Å². The molecule has 1 atom stereocenters. The zero-order chi connectivity index (χ0) is 24.5. The van der Waals surface area contributed by atoms with Crippen LogP contribution >= 0.6 is 11.3 Å². The quantitative estimate of drug-likeness (QED) is 0.253. The number of carbonyl (C=O) groups excluding carboxylic acids is 1. The molecule has 2 aromatic carbocycles. The molecule has 6 nitrogen and oxygen atoms in total. The van der Waals surface area contributed by atoms with E-state index in [0.29, 0.717) is 24.4 Å². The zero-order valence-corrected chi connectivity index (χ0v) is 20.2. The van der Waals surface area contributed by atoms with E-state index in [-0.39, 0.29) is 11.9 Å². The first-order chi connectivity index (χ1) is 17.6. The fourth-order valence-corrected chi connectivity index (χ4v) is 5.18. The van der Waals surface area contributed by atoms with Gasteiger partial charge in [0.2, 0.25) is 0 Å². The highest BCUT2D eigenvalue weighted by Gasteiger charge is 2.24. The maximum Gasteiger partial charge on any atom is 0.256 e. The van der Waals surface area contributed by atoms with E-state index < -0.39 is 0 Å². The van der Waals surface area contributed by atoms with E-state index in [4.69, 9.17) is 10.5 Å². The fourth-order valence-electron chi connectivity index (χ4n) is 4.53. The summed E-state index contributed by atoms with van der Waals surface area (Å²) >= 11 is 1.60. The smallest absolute Gasteiger partial charge is 0.256 e. The molecular weight excluding hydrogens is 468 g/mol. The number of anilines is 1. The fraction of sp³-hybridized carbons (Fsp3) is 0.103. The Balaban J connectivity index is 1.18. The molecule has 0 bridgehead atoms. The molecule has 3 aromatic heterocycles. The Morgan fingerprint density at radius 3 is 2.86 bits per heavy atom. The highest BCUT2D eigenvalue weighted by molar-refractivity contribution is 7.11. The van der Waals surface area contributed by atoms with Gasteiger partial charge in [-0.15, -0.1) is 11.3 Å². The van der Waals surface area contributed by atoms with Crippen LogP contribution in [-0.4, -0.2) is 28.5 Å². The van der Waals surface area contributed by atoms with Gasteiger partial charge in [0.15, 0.2) is 0 Å². The minimum absolute atomic E-state index is 0.0880. The largest absolute Gasteiger partial charge is 0.490 e. The number of rotatable bonds is 7. The van der Waals surface area contributed by atoms with Crippen LogP contribution in [-0.2, 0) is 11.2 Å². The molecule has 0 saturated heterocycles. The van der Waals surface area contributed by atoms with E-state index in [2.05, 4.69) is 27.4 Å². The average molecular weight is 493 g/mol. The highest BCUT2D eigenvalue weighted by atomic mass is 32.1. The van der Waals surface area contributed by atoms with Crippen LogP contribution in [0.2, 0.25) is 0 Å². The van der Waals surface area contributed by atoms with Gasteiger partial charge in [-0.3, -0.25) is 9.78 Å². The molecule has 4 N–H and O–H groups in total. The van der Waals surface area contributed by atoms with Crippen molar-refractivity contribution in [1.82, 2.24) is 9.97 Å². The Labute approximate surface area is 212 Å². The third kappa shape index (κ3) is 4.42. The van der Waals surface area contributed by atoms with Crippen molar-refractivity contribution < 1.29 is 9.53 Å². The number of nitrogens with two attached hydrogens (primary N) is 1. The second-order valence-electron chi connectivity index (χ2n) is 8.83. The van der Waals surface area contributed by atoms with Crippen molar-refractivity contribution >= 4 is 45.5 Å². The van der Waals surface area contributed by atoms with Gasteiger partial charge in [-0.2, -0.15) is 0 Å². The number of ether oxygens (including phenoxy) is 1. The number of hydrogen-bond donors (Lipinski definition) is 3. The van der Waals surface area contributed by atoms with Crippen LogP contribution in [0.3, 0.4) is 0 Å². The lowest BCUT2D eigenvalue weighted by molar-refractivity contribution is -0.110. The van der Waals surface area contributed by atoms with Crippen molar-refractivity contribution in [2.24, 2.45) is 5.73 Å². The topological polar surface area (TPSA) is 93.0 Å². The molecule has 0 saturated carbocycles. The second kappa shape index (κ2) is 9.45. The lowest BCUT2D eigenvalue weighted by Gasteiger charge is -2.13. The molecule has 4 heterocycles. The molecule has 0 radical (unpaired) electrons. The molecular formula is C29H24N4O2S. The third-order valence-corrected chi connectivity index (χ3v) is 7.12. The van der Waals surface area contributed by atoms with Crippen molar-refractivity contribution in [2.75, 3.05) is 11.9 Å². The maximum atomic E-state index is 12.6. The molecule has 178 valence electrons. The summed E-state index contributed by atoms with van der Waals surface area (Å²) < 4.78 is 6.02. The van der Waals surface area contributed by atoms with Gasteiger partial charge in [-0.25, -0.2) is 0 Å². The number of amides is 1. The van der Waals surface area contributed by atoms with Gasteiger partial charge in [0.1, 0.15) is 12.4 Å². The number of benzene rings is 2. The van der Waals surface area contributed by atoms with E-state index in [9.17, 15) is 4.79 Å². The predicted octanol–water partition coefficient (Wildman–Crippen LogP) is 5.73. The number of aromatic nitrogens is 2. The van der Waals surface area contributed by atoms with Crippen LogP contribution in [0.5, 0.6) is 5.75 Å². The lowest BCUT2D eigenvalue weighted by Crippen LogP contribution is -2.30. The lowest BCUT2D eigenvalue weighted by atomic mass is 10.00. The number of pyridine rings is 1. The minimum Gasteiger partial charge on any atom is -0.490 e. The molecule has 7 heteroatoms. The molecule has 0 spiro atoms. The summed E-state index contributed by atoms with van der Waals surface area (Å²) in [7, 11) is 0. The number of thiophene rings is 1. The SMILES string of the molecule is N[C@H](COc1cncc(-c2ccc3c(c2)/C(=C/c2cccs2)C(=O)N3)c1)Cc1c[nH]c2ccccc12. The number of nitrogens with zero attached hydrogens (tertiary/aromatic N) is 1. The number of nitrogens with one attached hydrogen (secondary N) is 2. The van der Waals surface area contributed by atoms with Crippen molar-refractivity contribution in [3.05, 3.63) is 101 Å². The number of hydrogen-bond acceptors (Lipinski definition) is 5. The van der Waals surface area contributed by atoms with Crippen molar-refractivity contribution in [3.63, 3.8) is 0 Å². The van der Waals surface area contributed by atoms with Gasteiger partial charge >= 0.3 is 0 Å². The summed E-state index contributed by atoms with van der Waals surface area (Å²) in [5, 5.41) is 6.14. The van der Waals surface area contributed by atoms with E-state index >= 15 is 0 Å². The van der Waals surface area contributed by atoms with Gasteiger partial charge in [-0.05, 0) is 59.3 Å². The number of carbonyl (C=O) groups is 1. The Kier molecular flexibility index (Phi) is 5.85. The van der Waals surface area contributed by atoms with Crippen LogP contribution in [0.4, 0.5) is 5.69 Å². The predicted molar refractivity (Wildman–Crippen MR) is 146 cm³/mol. The van der Waals surface area contributed by atoms with E-state index in [1.807, 2.05) is 66.2 Å². The molecule has 1 aliphatic heterocycles. The Bertz CT molecular complexity index is 1590. The number of fused-ring (bicyclic) bond motifs is 2. The molecule has 0 aliphatic carbocycles. The Morgan fingerprint density at radius 1 is 1.06 bits per heavy atom. The maximum absolute atomic E-state index is 12.6. The van der Waals surface area contributed by atoms with Gasteiger partial charge in [0.25, 0.3) is 5.91 Å². The molecule has 5 aromatic rings. The minimum atomic E-state index is -0.158. The summed E-state index contributed by atoms with van der Waals surface area (Å²) in [5.74, 6) is 0.570. The monoisotopic (exact) mass is 492 g/mol.